The Bertz CT molecular complexity index is 614. The number of hydrogen-bond acceptors (Lipinski definition) is 4. The lowest BCUT2D eigenvalue weighted by atomic mass is 10.0. The standard InChI is InChI=1S/C15H17F3N2O4/c1-8(21)2-7-11(13(19)23)20-14(24)12(22)9-3-5-10(6-4-9)15(16,17)18/h3-6,11-12,22H,2,7H2,1H3,(H2,19,23)(H,20,24)/t11-,12-/m0/s1. The van der Waals surface area contributed by atoms with E-state index in [1.807, 2.05) is 0 Å². The summed E-state index contributed by atoms with van der Waals surface area (Å²) in [7, 11) is 0. The maximum absolute atomic E-state index is 12.5. The van der Waals surface area contributed by atoms with Gasteiger partial charge in [-0.2, -0.15) is 13.2 Å². The number of nitrogens with one attached hydrogen (secondary N) is 1. The van der Waals surface area contributed by atoms with Crippen LogP contribution in [0.25, 0.3) is 0 Å². The molecule has 0 unspecified atom stereocenters. The fourth-order valence-electron chi connectivity index (χ4n) is 1.89. The summed E-state index contributed by atoms with van der Waals surface area (Å²) in [5.74, 6) is -2.09. The van der Waals surface area contributed by atoms with Gasteiger partial charge in [-0.25, -0.2) is 0 Å². The molecule has 0 aromatic heterocycles. The zero-order chi connectivity index (χ0) is 18.5. The van der Waals surface area contributed by atoms with Gasteiger partial charge in [0.1, 0.15) is 11.8 Å². The molecule has 1 aromatic rings. The van der Waals surface area contributed by atoms with Crippen molar-refractivity contribution < 1.29 is 32.7 Å². The van der Waals surface area contributed by atoms with E-state index in [2.05, 4.69) is 5.32 Å². The lowest BCUT2D eigenvalue weighted by Gasteiger charge is -2.18. The Kier molecular flexibility index (Phi) is 6.47. The van der Waals surface area contributed by atoms with Gasteiger partial charge in [0.25, 0.3) is 5.91 Å². The van der Waals surface area contributed by atoms with Gasteiger partial charge < -0.3 is 21.0 Å². The summed E-state index contributed by atoms with van der Waals surface area (Å²) in [6, 6.07) is 2.22. The number of aliphatic hydroxyl groups is 1. The van der Waals surface area contributed by atoms with Crippen molar-refractivity contribution in [1.29, 1.82) is 0 Å². The number of carbonyl (C=O) groups is 3. The number of aliphatic hydroxyl groups excluding tert-OH is 1. The van der Waals surface area contributed by atoms with Crippen LogP contribution in [0.5, 0.6) is 0 Å². The van der Waals surface area contributed by atoms with Crippen LogP contribution in [0.2, 0.25) is 0 Å². The second kappa shape index (κ2) is 7.91. The summed E-state index contributed by atoms with van der Waals surface area (Å²) in [6.07, 6.45) is -6.33. The van der Waals surface area contributed by atoms with Crippen molar-refractivity contribution in [2.24, 2.45) is 5.73 Å². The molecule has 0 radical (unpaired) electrons. The van der Waals surface area contributed by atoms with Gasteiger partial charge in [-0.1, -0.05) is 12.1 Å². The fourth-order valence-corrected chi connectivity index (χ4v) is 1.89. The molecule has 0 aliphatic heterocycles. The summed E-state index contributed by atoms with van der Waals surface area (Å²) in [5.41, 5.74) is 4.11. The first-order valence-electron chi connectivity index (χ1n) is 6.96. The Morgan fingerprint density at radius 3 is 2.17 bits per heavy atom. The number of Topliss-reactive ketones (excluding diaryl/α,β-unsaturated/α-hetero) is 1. The molecule has 0 fully saturated rings. The van der Waals surface area contributed by atoms with E-state index in [0.717, 1.165) is 24.3 Å². The molecule has 2 atom stereocenters. The first-order valence-corrected chi connectivity index (χ1v) is 6.96. The molecular weight excluding hydrogens is 329 g/mol. The van der Waals surface area contributed by atoms with Crippen molar-refractivity contribution in [3.05, 3.63) is 35.4 Å². The minimum atomic E-state index is -4.53. The second-order valence-corrected chi connectivity index (χ2v) is 5.23. The van der Waals surface area contributed by atoms with E-state index in [4.69, 9.17) is 5.73 Å². The first-order chi connectivity index (χ1) is 11.0. The highest BCUT2D eigenvalue weighted by Gasteiger charge is 2.31. The number of primary amides is 1. The van der Waals surface area contributed by atoms with Gasteiger partial charge in [-0.3, -0.25) is 9.59 Å². The van der Waals surface area contributed by atoms with Crippen LogP contribution in [-0.4, -0.2) is 28.7 Å². The van der Waals surface area contributed by atoms with Crippen LogP contribution in [0.4, 0.5) is 13.2 Å². The molecule has 9 heteroatoms. The number of halogens is 3. The molecule has 0 saturated carbocycles. The average Bonchev–Trinajstić information content (AvgIpc) is 2.49. The smallest absolute Gasteiger partial charge is 0.378 e. The SMILES string of the molecule is CC(=O)CC[C@H](NC(=O)[C@@H](O)c1ccc(C(F)(F)F)cc1)C(N)=O. The van der Waals surface area contributed by atoms with E-state index < -0.39 is 35.7 Å². The van der Waals surface area contributed by atoms with Crippen molar-refractivity contribution in [3.8, 4) is 0 Å². The van der Waals surface area contributed by atoms with Crippen molar-refractivity contribution in [2.45, 2.75) is 38.1 Å². The summed E-state index contributed by atoms with van der Waals surface area (Å²) >= 11 is 0. The van der Waals surface area contributed by atoms with Crippen LogP contribution in [0, 0.1) is 0 Å². The second-order valence-electron chi connectivity index (χ2n) is 5.23. The van der Waals surface area contributed by atoms with Gasteiger partial charge in [0.15, 0.2) is 6.10 Å². The normalized spacial score (nSPS) is 13.9. The van der Waals surface area contributed by atoms with Crippen LogP contribution in [0.3, 0.4) is 0 Å². The number of carbonyl (C=O) groups excluding carboxylic acids is 3. The Balaban J connectivity index is 2.78. The van der Waals surface area contributed by atoms with Gasteiger partial charge in [-0.15, -0.1) is 0 Å². The molecule has 0 aliphatic carbocycles. The van der Waals surface area contributed by atoms with E-state index in [0.29, 0.717) is 0 Å². The molecular formula is C15H17F3N2O4. The third kappa shape index (κ3) is 5.65. The third-order valence-electron chi connectivity index (χ3n) is 3.25. The van der Waals surface area contributed by atoms with Crippen LogP contribution < -0.4 is 11.1 Å². The number of amides is 2. The maximum Gasteiger partial charge on any atom is 0.416 e. The van der Waals surface area contributed by atoms with Crippen molar-refractivity contribution in [2.75, 3.05) is 0 Å². The third-order valence-corrected chi connectivity index (χ3v) is 3.25. The lowest BCUT2D eigenvalue weighted by molar-refractivity contribution is -0.137. The molecule has 0 bridgehead atoms. The monoisotopic (exact) mass is 346 g/mol. The highest BCUT2D eigenvalue weighted by Crippen LogP contribution is 2.29. The largest absolute Gasteiger partial charge is 0.416 e. The Labute approximate surface area is 135 Å². The minimum Gasteiger partial charge on any atom is -0.378 e. The number of ketones is 1. The summed E-state index contributed by atoms with van der Waals surface area (Å²) in [5, 5.41) is 12.1. The van der Waals surface area contributed by atoms with Gasteiger partial charge in [0.05, 0.1) is 5.56 Å². The van der Waals surface area contributed by atoms with Crippen LogP contribution in [-0.2, 0) is 20.6 Å². The Hall–Kier alpha value is -2.42. The van der Waals surface area contributed by atoms with Crippen molar-refractivity contribution in [3.63, 3.8) is 0 Å². The number of benzene rings is 1. The summed E-state index contributed by atoms with van der Waals surface area (Å²) < 4.78 is 37.4. The molecule has 2 amide bonds. The van der Waals surface area contributed by atoms with E-state index in [1.165, 1.54) is 6.92 Å². The molecule has 1 rings (SSSR count). The molecule has 4 N–H and O–H groups in total. The quantitative estimate of drug-likeness (QED) is 0.686. The van der Waals surface area contributed by atoms with Crippen molar-refractivity contribution in [1.82, 2.24) is 5.32 Å². The van der Waals surface area contributed by atoms with E-state index in [-0.39, 0.29) is 24.2 Å². The summed E-state index contributed by atoms with van der Waals surface area (Å²) in [6.45, 7) is 1.30. The summed E-state index contributed by atoms with van der Waals surface area (Å²) in [4.78, 5) is 34.1. The number of alkyl halides is 3. The highest BCUT2D eigenvalue weighted by atomic mass is 19.4. The van der Waals surface area contributed by atoms with Gasteiger partial charge >= 0.3 is 6.18 Å². The number of hydrogen-bond donors (Lipinski definition) is 3. The van der Waals surface area contributed by atoms with Gasteiger partial charge in [0, 0.05) is 6.42 Å². The van der Waals surface area contributed by atoms with Gasteiger partial charge in [-0.05, 0) is 31.0 Å². The molecule has 0 heterocycles. The zero-order valence-corrected chi connectivity index (χ0v) is 12.8. The molecule has 0 aliphatic rings. The molecule has 0 saturated heterocycles. The predicted octanol–water partition coefficient (Wildman–Crippen LogP) is 1.08. The highest BCUT2D eigenvalue weighted by molar-refractivity contribution is 5.89. The lowest BCUT2D eigenvalue weighted by Crippen LogP contribution is -2.46. The molecule has 6 nitrogen and oxygen atoms in total. The van der Waals surface area contributed by atoms with Crippen LogP contribution in [0.1, 0.15) is 37.0 Å². The fraction of sp³-hybridized carbons (Fsp3) is 0.400. The topological polar surface area (TPSA) is 109 Å². The number of rotatable bonds is 7. The van der Waals surface area contributed by atoms with Crippen LogP contribution in [0.15, 0.2) is 24.3 Å². The Morgan fingerprint density at radius 2 is 1.75 bits per heavy atom. The van der Waals surface area contributed by atoms with Gasteiger partial charge in [0.2, 0.25) is 5.91 Å². The molecule has 132 valence electrons. The van der Waals surface area contributed by atoms with E-state index >= 15 is 0 Å². The number of nitrogens with two attached hydrogens (primary N) is 1. The molecule has 24 heavy (non-hydrogen) atoms. The molecule has 1 aromatic carbocycles. The molecule has 0 spiro atoms. The predicted molar refractivity (Wildman–Crippen MR) is 77.4 cm³/mol. The van der Waals surface area contributed by atoms with Crippen LogP contribution >= 0.6 is 0 Å². The zero-order valence-electron chi connectivity index (χ0n) is 12.8. The Morgan fingerprint density at radius 1 is 1.21 bits per heavy atom. The first kappa shape index (κ1) is 19.6. The van der Waals surface area contributed by atoms with E-state index in [9.17, 15) is 32.7 Å². The maximum atomic E-state index is 12.5. The van der Waals surface area contributed by atoms with Crippen molar-refractivity contribution >= 4 is 17.6 Å². The van der Waals surface area contributed by atoms with E-state index in [1.54, 1.807) is 0 Å². The average molecular weight is 346 g/mol. The minimum absolute atomic E-state index is 0.00423.